The molecule has 0 aliphatic carbocycles. The van der Waals surface area contributed by atoms with Gasteiger partial charge in [0.05, 0.1) is 9.79 Å². The SMILES string of the molecule is Cc1ccc(S(=O)(=O)N2C[C@@H](C)N(S(=O)(=O)c3ccc(C)cc3)[C@H]2c2ccccc2)cc1. The van der Waals surface area contributed by atoms with E-state index in [1.54, 1.807) is 79.7 Å². The van der Waals surface area contributed by atoms with Crippen LogP contribution in [0.2, 0.25) is 0 Å². The fourth-order valence-corrected chi connectivity index (χ4v) is 7.49. The first-order valence-electron chi connectivity index (χ1n) is 10.4. The van der Waals surface area contributed by atoms with E-state index in [1.165, 1.54) is 8.61 Å². The maximum Gasteiger partial charge on any atom is 0.245 e. The average Bonchev–Trinajstić information content (AvgIpc) is 3.14. The van der Waals surface area contributed by atoms with Crippen molar-refractivity contribution in [3.05, 3.63) is 95.6 Å². The van der Waals surface area contributed by atoms with Gasteiger partial charge >= 0.3 is 0 Å². The fraction of sp³-hybridized carbons (Fsp3) is 0.250. The summed E-state index contributed by atoms with van der Waals surface area (Å²) in [6, 6.07) is 21.6. The second kappa shape index (κ2) is 8.44. The molecule has 0 amide bonds. The van der Waals surface area contributed by atoms with Crippen LogP contribution in [0, 0.1) is 13.8 Å². The number of nitrogens with zero attached hydrogens (tertiary/aromatic N) is 2. The van der Waals surface area contributed by atoms with Crippen LogP contribution in [0.15, 0.2) is 88.7 Å². The van der Waals surface area contributed by atoms with E-state index in [-0.39, 0.29) is 16.3 Å². The van der Waals surface area contributed by atoms with Crippen molar-refractivity contribution in [1.82, 2.24) is 8.61 Å². The molecule has 8 heteroatoms. The van der Waals surface area contributed by atoms with Crippen molar-refractivity contribution in [1.29, 1.82) is 0 Å². The molecule has 0 unspecified atom stereocenters. The Morgan fingerprint density at radius 2 is 1.16 bits per heavy atom. The molecule has 3 aromatic carbocycles. The van der Waals surface area contributed by atoms with Crippen molar-refractivity contribution in [3.63, 3.8) is 0 Å². The molecule has 0 aromatic heterocycles. The lowest BCUT2D eigenvalue weighted by Crippen LogP contribution is -2.39. The highest BCUT2D eigenvalue weighted by Crippen LogP contribution is 2.41. The molecule has 168 valence electrons. The second-order valence-electron chi connectivity index (χ2n) is 8.17. The minimum absolute atomic E-state index is 0.0564. The highest BCUT2D eigenvalue weighted by atomic mass is 32.2. The van der Waals surface area contributed by atoms with Gasteiger partial charge in [-0.3, -0.25) is 0 Å². The van der Waals surface area contributed by atoms with Gasteiger partial charge in [0.2, 0.25) is 20.0 Å². The monoisotopic (exact) mass is 470 g/mol. The summed E-state index contributed by atoms with van der Waals surface area (Å²) in [4.78, 5) is 0.288. The van der Waals surface area contributed by atoms with Crippen LogP contribution in [0.3, 0.4) is 0 Å². The number of sulfonamides is 2. The summed E-state index contributed by atoms with van der Waals surface area (Å²) in [6.07, 6.45) is -0.983. The van der Waals surface area contributed by atoms with Crippen LogP contribution in [-0.4, -0.2) is 38.0 Å². The van der Waals surface area contributed by atoms with Gasteiger partial charge in [0, 0.05) is 12.6 Å². The quantitative estimate of drug-likeness (QED) is 0.563. The lowest BCUT2D eigenvalue weighted by Gasteiger charge is -2.30. The van der Waals surface area contributed by atoms with Crippen molar-refractivity contribution in [2.45, 2.75) is 42.8 Å². The van der Waals surface area contributed by atoms with Crippen molar-refractivity contribution in [2.24, 2.45) is 0 Å². The van der Waals surface area contributed by atoms with E-state index in [2.05, 4.69) is 0 Å². The molecule has 0 N–H and O–H groups in total. The fourth-order valence-electron chi connectivity index (χ4n) is 4.02. The van der Waals surface area contributed by atoms with E-state index in [0.717, 1.165) is 11.1 Å². The zero-order valence-corrected chi connectivity index (χ0v) is 19.8. The number of rotatable bonds is 5. The molecule has 1 fully saturated rings. The van der Waals surface area contributed by atoms with Crippen molar-refractivity contribution in [3.8, 4) is 0 Å². The minimum atomic E-state index is -3.96. The summed E-state index contributed by atoms with van der Waals surface area (Å²) in [6.45, 7) is 5.57. The Morgan fingerprint density at radius 1 is 0.688 bits per heavy atom. The van der Waals surface area contributed by atoms with E-state index < -0.39 is 32.3 Å². The molecule has 0 radical (unpaired) electrons. The first kappa shape index (κ1) is 22.7. The summed E-state index contributed by atoms with van der Waals surface area (Å²) in [5, 5.41) is 0. The first-order valence-corrected chi connectivity index (χ1v) is 13.2. The van der Waals surface area contributed by atoms with Crippen LogP contribution in [-0.2, 0) is 20.0 Å². The molecule has 1 heterocycles. The Balaban J connectivity index is 1.86. The standard InChI is InChI=1S/C24H26N2O4S2/c1-18-9-13-22(14-10-18)31(27,28)25-17-20(3)26(24(25)21-7-5-4-6-8-21)32(29,30)23-15-11-19(2)12-16-23/h4-16,20,24H,17H2,1-3H3/t20-,24+/m1/s1. The van der Waals surface area contributed by atoms with Crippen LogP contribution >= 0.6 is 0 Å². The van der Waals surface area contributed by atoms with Crippen molar-refractivity contribution < 1.29 is 16.8 Å². The normalized spacial score (nSPS) is 20.5. The van der Waals surface area contributed by atoms with Gasteiger partial charge in [-0.15, -0.1) is 0 Å². The average molecular weight is 471 g/mol. The third-order valence-corrected chi connectivity index (χ3v) is 9.53. The zero-order valence-electron chi connectivity index (χ0n) is 18.2. The smallest absolute Gasteiger partial charge is 0.207 e. The van der Waals surface area contributed by atoms with Crippen molar-refractivity contribution >= 4 is 20.0 Å². The molecule has 0 bridgehead atoms. The van der Waals surface area contributed by atoms with Gasteiger partial charge in [0.1, 0.15) is 6.17 Å². The van der Waals surface area contributed by atoms with Crippen LogP contribution < -0.4 is 0 Å². The molecule has 2 atom stereocenters. The Labute approximate surface area is 190 Å². The molecule has 3 aromatic rings. The molecule has 4 rings (SSSR count). The van der Waals surface area contributed by atoms with Crippen LogP contribution in [0.25, 0.3) is 0 Å². The Morgan fingerprint density at radius 3 is 1.66 bits per heavy atom. The lowest BCUT2D eigenvalue weighted by atomic mass is 10.2. The molecule has 0 spiro atoms. The first-order chi connectivity index (χ1) is 15.1. The topological polar surface area (TPSA) is 74.8 Å². The Kier molecular flexibility index (Phi) is 5.98. The van der Waals surface area contributed by atoms with Gasteiger partial charge in [0.25, 0.3) is 0 Å². The van der Waals surface area contributed by atoms with E-state index in [0.29, 0.717) is 5.56 Å². The Hall–Kier alpha value is -2.52. The Bertz CT molecular complexity index is 1300. The van der Waals surface area contributed by atoms with Crippen LogP contribution in [0.1, 0.15) is 29.8 Å². The lowest BCUT2D eigenvalue weighted by molar-refractivity contribution is 0.276. The molecular formula is C24H26N2O4S2. The van der Waals surface area contributed by atoms with Crippen LogP contribution in [0.5, 0.6) is 0 Å². The van der Waals surface area contributed by atoms with E-state index in [9.17, 15) is 16.8 Å². The molecule has 6 nitrogen and oxygen atoms in total. The second-order valence-corrected chi connectivity index (χ2v) is 11.9. The predicted molar refractivity (Wildman–Crippen MR) is 124 cm³/mol. The molecule has 0 saturated carbocycles. The summed E-state index contributed by atoms with van der Waals surface area (Å²) in [5.41, 5.74) is 2.49. The third-order valence-electron chi connectivity index (χ3n) is 5.71. The van der Waals surface area contributed by atoms with E-state index in [1.807, 2.05) is 19.9 Å². The van der Waals surface area contributed by atoms with Gasteiger partial charge in [0.15, 0.2) is 0 Å². The molecule has 32 heavy (non-hydrogen) atoms. The summed E-state index contributed by atoms with van der Waals surface area (Å²) in [5.74, 6) is 0. The summed E-state index contributed by atoms with van der Waals surface area (Å²) >= 11 is 0. The van der Waals surface area contributed by atoms with Crippen LogP contribution in [0.4, 0.5) is 0 Å². The largest absolute Gasteiger partial charge is 0.245 e. The van der Waals surface area contributed by atoms with Gasteiger partial charge in [-0.25, -0.2) is 16.8 Å². The number of benzene rings is 3. The van der Waals surface area contributed by atoms with Gasteiger partial charge in [-0.05, 0) is 50.6 Å². The summed E-state index contributed by atoms with van der Waals surface area (Å²) < 4.78 is 57.3. The van der Waals surface area contributed by atoms with Gasteiger partial charge in [-0.2, -0.15) is 8.61 Å². The third kappa shape index (κ3) is 3.99. The molecule has 1 aliphatic heterocycles. The minimum Gasteiger partial charge on any atom is -0.207 e. The molecule has 1 aliphatic rings. The zero-order chi connectivity index (χ0) is 23.1. The van der Waals surface area contributed by atoms with E-state index >= 15 is 0 Å². The maximum absolute atomic E-state index is 13.7. The number of hydrogen-bond donors (Lipinski definition) is 0. The molecule has 1 saturated heterocycles. The molecular weight excluding hydrogens is 444 g/mol. The number of aryl methyl sites for hydroxylation is 2. The highest BCUT2D eigenvalue weighted by Gasteiger charge is 2.50. The highest BCUT2D eigenvalue weighted by molar-refractivity contribution is 7.90. The maximum atomic E-state index is 13.7. The summed E-state index contributed by atoms with van der Waals surface area (Å²) in [7, 11) is -7.90. The van der Waals surface area contributed by atoms with E-state index in [4.69, 9.17) is 0 Å². The van der Waals surface area contributed by atoms with Crippen molar-refractivity contribution in [2.75, 3.05) is 6.54 Å². The van der Waals surface area contributed by atoms with Gasteiger partial charge < -0.3 is 0 Å². The number of hydrogen-bond acceptors (Lipinski definition) is 4. The predicted octanol–water partition coefficient (Wildman–Crippen LogP) is 4.09. The van der Waals surface area contributed by atoms with Gasteiger partial charge in [-0.1, -0.05) is 65.7 Å².